The quantitative estimate of drug-likeness (QED) is 0.743. The van der Waals surface area contributed by atoms with Gasteiger partial charge in [-0.1, -0.05) is 15.9 Å². The van der Waals surface area contributed by atoms with E-state index in [1.807, 2.05) is 12.1 Å². The van der Waals surface area contributed by atoms with Crippen molar-refractivity contribution in [3.63, 3.8) is 0 Å². The Bertz CT molecular complexity index is 902. The summed E-state index contributed by atoms with van der Waals surface area (Å²) in [6.07, 6.45) is 1.52. The lowest BCUT2D eigenvalue weighted by Gasteiger charge is -2.14. The molecule has 1 aromatic carbocycles. The van der Waals surface area contributed by atoms with Crippen molar-refractivity contribution in [1.82, 2.24) is 9.78 Å². The summed E-state index contributed by atoms with van der Waals surface area (Å²) in [5, 5.41) is 7.00. The lowest BCUT2D eigenvalue weighted by Crippen LogP contribution is -2.33. The molecule has 3 aromatic rings. The molecule has 2 aromatic heterocycles. The highest BCUT2D eigenvalue weighted by Gasteiger charge is 2.18. The van der Waals surface area contributed by atoms with Gasteiger partial charge in [-0.2, -0.15) is 5.10 Å². The van der Waals surface area contributed by atoms with Crippen LogP contribution in [0.5, 0.6) is 0 Å². The maximum absolute atomic E-state index is 12.4. The summed E-state index contributed by atoms with van der Waals surface area (Å²) in [6, 6.07) is 12.8. The second-order valence-electron chi connectivity index (χ2n) is 5.15. The number of halogens is 1. The summed E-state index contributed by atoms with van der Waals surface area (Å²) in [5.74, 6) is 0.202. The fraction of sp³-hybridized carbons (Fsp3) is 0.118. The summed E-state index contributed by atoms with van der Waals surface area (Å²) >= 11 is 3.34. The third-order valence-electron chi connectivity index (χ3n) is 3.46. The van der Waals surface area contributed by atoms with Crippen LogP contribution in [-0.2, 0) is 4.79 Å². The van der Waals surface area contributed by atoms with Crippen LogP contribution in [0, 0.1) is 0 Å². The number of carbonyl (C=O) groups is 1. The topological polar surface area (TPSA) is 77.1 Å². The van der Waals surface area contributed by atoms with Crippen LogP contribution in [0.4, 0.5) is 5.69 Å². The molecule has 1 atom stereocenters. The van der Waals surface area contributed by atoms with Crippen LogP contribution in [0.15, 0.2) is 68.5 Å². The zero-order valence-electron chi connectivity index (χ0n) is 12.8. The van der Waals surface area contributed by atoms with E-state index >= 15 is 0 Å². The van der Waals surface area contributed by atoms with Gasteiger partial charge in [0.2, 0.25) is 5.91 Å². The number of carbonyl (C=O) groups excluding carboxylic acids is 1. The lowest BCUT2D eigenvalue weighted by atomic mass is 10.2. The predicted molar refractivity (Wildman–Crippen MR) is 93.7 cm³/mol. The van der Waals surface area contributed by atoms with Crippen LogP contribution in [0.25, 0.3) is 11.5 Å². The van der Waals surface area contributed by atoms with Crippen molar-refractivity contribution in [2.45, 2.75) is 13.0 Å². The molecule has 0 aliphatic carbocycles. The molecule has 0 aliphatic rings. The molecular formula is C17H14BrN3O3. The van der Waals surface area contributed by atoms with Crippen molar-refractivity contribution in [1.29, 1.82) is 0 Å². The molecule has 0 fully saturated rings. The number of hydrogen-bond donors (Lipinski definition) is 1. The second kappa shape index (κ2) is 6.84. The Kier molecular flexibility index (Phi) is 4.61. The number of furan rings is 1. The maximum atomic E-state index is 12.4. The molecule has 2 heterocycles. The average Bonchev–Trinajstić information content (AvgIpc) is 3.11. The Hall–Kier alpha value is -2.67. The fourth-order valence-corrected chi connectivity index (χ4v) is 2.41. The minimum Gasteiger partial charge on any atom is -0.463 e. The van der Waals surface area contributed by atoms with Crippen molar-refractivity contribution < 1.29 is 9.21 Å². The molecule has 1 amide bonds. The van der Waals surface area contributed by atoms with Crippen LogP contribution in [0.2, 0.25) is 0 Å². The monoisotopic (exact) mass is 387 g/mol. The van der Waals surface area contributed by atoms with Gasteiger partial charge >= 0.3 is 0 Å². The van der Waals surface area contributed by atoms with E-state index in [1.165, 1.54) is 12.3 Å². The minimum atomic E-state index is -0.768. The van der Waals surface area contributed by atoms with E-state index in [0.717, 1.165) is 9.15 Å². The van der Waals surface area contributed by atoms with E-state index in [0.29, 0.717) is 17.1 Å². The summed E-state index contributed by atoms with van der Waals surface area (Å²) in [6.45, 7) is 1.62. The average molecular weight is 388 g/mol. The summed E-state index contributed by atoms with van der Waals surface area (Å²) in [5.41, 5.74) is 0.775. The molecule has 1 unspecified atom stereocenters. The van der Waals surface area contributed by atoms with Gasteiger partial charge in [0.1, 0.15) is 11.7 Å². The van der Waals surface area contributed by atoms with Gasteiger partial charge in [-0.15, -0.1) is 0 Å². The fourth-order valence-electron chi connectivity index (χ4n) is 2.15. The Morgan fingerprint density at radius 3 is 2.62 bits per heavy atom. The molecule has 122 valence electrons. The molecule has 6 nitrogen and oxygen atoms in total. The molecule has 0 bridgehead atoms. The Morgan fingerprint density at radius 1 is 1.21 bits per heavy atom. The molecule has 24 heavy (non-hydrogen) atoms. The molecule has 3 rings (SSSR count). The second-order valence-corrected chi connectivity index (χ2v) is 6.07. The number of amides is 1. The number of rotatable bonds is 4. The standard InChI is InChI=1S/C17H14BrN3O3/c1-11(17(23)19-13-6-4-12(18)5-7-13)21-16(22)9-8-14(20-21)15-3-2-10-24-15/h2-11H,1H3,(H,19,23). The van der Waals surface area contributed by atoms with Gasteiger partial charge in [0.25, 0.3) is 5.56 Å². The maximum Gasteiger partial charge on any atom is 0.267 e. The van der Waals surface area contributed by atoms with E-state index in [1.54, 1.807) is 37.3 Å². The van der Waals surface area contributed by atoms with E-state index in [4.69, 9.17) is 4.42 Å². The summed E-state index contributed by atoms with van der Waals surface area (Å²) < 4.78 is 7.34. The van der Waals surface area contributed by atoms with Crippen molar-refractivity contribution >= 4 is 27.5 Å². The molecular weight excluding hydrogens is 374 g/mol. The third-order valence-corrected chi connectivity index (χ3v) is 3.99. The number of benzene rings is 1. The highest BCUT2D eigenvalue weighted by atomic mass is 79.9. The van der Waals surface area contributed by atoms with Gasteiger partial charge in [-0.25, -0.2) is 4.68 Å². The van der Waals surface area contributed by atoms with Crippen LogP contribution in [0.1, 0.15) is 13.0 Å². The first kappa shape index (κ1) is 16.2. The molecule has 7 heteroatoms. The molecule has 0 aliphatic heterocycles. The van der Waals surface area contributed by atoms with Crippen LogP contribution in [-0.4, -0.2) is 15.7 Å². The van der Waals surface area contributed by atoms with E-state index < -0.39 is 6.04 Å². The highest BCUT2D eigenvalue weighted by molar-refractivity contribution is 9.10. The van der Waals surface area contributed by atoms with Gasteiger partial charge in [-0.05, 0) is 49.4 Å². The van der Waals surface area contributed by atoms with E-state index in [2.05, 4.69) is 26.3 Å². The van der Waals surface area contributed by atoms with Gasteiger partial charge in [-0.3, -0.25) is 9.59 Å². The first-order chi connectivity index (χ1) is 11.5. The predicted octanol–water partition coefficient (Wildman–Crippen LogP) is 3.47. The number of anilines is 1. The molecule has 0 saturated carbocycles. The van der Waals surface area contributed by atoms with Gasteiger partial charge in [0, 0.05) is 16.2 Å². The van der Waals surface area contributed by atoms with Crippen LogP contribution >= 0.6 is 15.9 Å². The Morgan fingerprint density at radius 2 is 1.96 bits per heavy atom. The van der Waals surface area contributed by atoms with Crippen LogP contribution in [0.3, 0.4) is 0 Å². The zero-order valence-corrected chi connectivity index (χ0v) is 14.4. The van der Waals surface area contributed by atoms with Crippen molar-refractivity contribution in [3.05, 3.63) is 69.6 Å². The first-order valence-corrected chi connectivity index (χ1v) is 8.04. The zero-order chi connectivity index (χ0) is 17.1. The SMILES string of the molecule is CC(C(=O)Nc1ccc(Br)cc1)n1nc(-c2ccco2)ccc1=O. The van der Waals surface area contributed by atoms with Crippen LogP contribution < -0.4 is 10.9 Å². The smallest absolute Gasteiger partial charge is 0.267 e. The third kappa shape index (κ3) is 3.46. The van der Waals surface area contributed by atoms with Crippen molar-refractivity contribution in [2.24, 2.45) is 0 Å². The number of nitrogens with zero attached hydrogens (tertiary/aromatic N) is 2. The highest BCUT2D eigenvalue weighted by Crippen LogP contribution is 2.18. The molecule has 0 spiro atoms. The number of aromatic nitrogens is 2. The van der Waals surface area contributed by atoms with Crippen molar-refractivity contribution in [2.75, 3.05) is 5.32 Å². The first-order valence-electron chi connectivity index (χ1n) is 7.25. The Balaban J connectivity index is 1.84. The van der Waals surface area contributed by atoms with Gasteiger partial charge < -0.3 is 9.73 Å². The van der Waals surface area contributed by atoms with Crippen molar-refractivity contribution in [3.8, 4) is 11.5 Å². The summed E-state index contributed by atoms with van der Waals surface area (Å²) in [7, 11) is 0. The number of hydrogen-bond acceptors (Lipinski definition) is 4. The lowest BCUT2D eigenvalue weighted by molar-refractivity contribution is -0.119. The molecule has 0 radical (unpaired) electrons. The van der Waals surface area contributed by atoms with E-state index in [9.17, 15) is 9.59 Å². The molecule has 0 saturated heterocycles. The summed E-state index contributed by atoms with van der Waals surface area (Å²) in [4.78, 5) is 24.5. The van der Waals surface area contributed by atoms with Gasteiger partial charge in [0.05, 0.1) is 6.26 Å². The number of nitrogens with one attached hydrogen (secondary N) is 1. The van der Waals surface area contributed by atoms with E-state index in [-0.39, 0.29) is 11.5 Å². The van der Waals surface area contributed by atoms with Gasteiger partial charge in [0.15, 0.2) is 5.76 Å². The normalized spacial score (nSPS) is 11.9. The molecule has 1 N–H and O–H groups in total. The largest absolute Gasteiger partial charge is 0.463 e. The Labute approximate surface area is 146 Å². The minimum absolute atomic E-state index is 0.330.